The lowest BCUT2D eigenvalue weighted by Gasteiger charge is -2.24. The van der Waals surface area contributed by atoms with Crippen LogP contribution in [0.4, 0.5) is 4.39 Å². The topological polar surface area (TPSA) is 37.3 Å². The third kappa shape index (κ3) is 2.60. The van der Waals surface area contributed by atoms with Crippen molar-refractivity contribution >= 4 is 50.1 Å². The number of thiophene rings is 3. The van der Waals surface area contributed by atoms with Crippen molar-refractivity contribution in [2.45, 2.75) is 19.3 Å². The second kappa shape index (κ2) is 6.30. The zero-order valence-electron chi connectivity index (χ0n) is 14.1. The van der Waals surface area contributed by atoms with Crippen LogP contribution in [0.3, 0.4) is 0 Å². The van der Waals surface area contributed by atoms with Gasteiger partial charge in [0.05, 0.1) is 9.58 Å². The third-order valence-electron chi connectivity index (χ3n) is 4.49. The van der Waals surface area contributed by atoms with Gasteiger partial charge >= 0.3 is 5.97 Å². The number of carboxylic acids is 1. The van der Waals surface area contributed by atoms with E-state index >= 15 is 4.39 Å². The van der Waals surface area contributed by atoms with E-state index in [0.717, 1.165) is 36.2 Å². The zero-order valence-corrected chi connectivity index (χ0v) is 16.5. The Hall–Kier alpha value is -2.02. The van der Waals surface area contributed by atoms with Crippen molar-refractivity contribution < 1.29 is 14.3 Å². The van der Waals surface area contributed by atoms with Crippen LogP contribution in [0.1, 0.15) is 34.0 Å². The number of carbonyl (C=O) groups is 1. The van der Waals surface area contributed by atoms with E-state index in [1.165, 1.54) is 0 Å². The van der Waals surface area contributed by atoms with Crippen LogP contribution >= 0.6 is 34.0 Å². The fourth-order valence-electron chi connectivity index (χ4n) is 3.11. The van der Waals surface area contributed by atoms with E-state index in [1.807, 2.05) is 47.8 Å². The van der Waals surface area contributed by atoms with Gasteiger partial charge < -0.3 is 5.11 Å². The minimum Gasteiger partial charge on any atom is -0.477 e. The molecule has 0 saturated heterocycles. The molecular formula is C20H15FO2S3. The summed E-state index contributed by atoms with van der Waals surface area (Å²) in [6, 6.07) is 13.9. The lowest BCUT2D eigenvalue weighted by molar-refractivity contribution is 0.0698. The summed E-state index contributed by atoms with van der Waals surface area (Å²) in [6.07, 6.45) is 0. The summed E-state index contributed by atoms with van der Waals surface area (Å²) in [7, 11) is 0. The van der Waals surface area contributed by atoms with Crippen LogP contribution < -0.4 is 0 Å². The third-order valence-corrected chi connectivity index (χ3v) is 8.35. The molecule has 6 heteroatoms. The molecule has 1 N–H and O–H groups in total. The average molecular weight is 403 g/mol. The van der Waals surface area contributed by atoms with E-state index in [2.05, 4.69) is 13.8 Å². The quantitative estimate of drug-likeness (QED) is 0.405. The largest absolute Gasteiger partial charge is 0.477 e. The molecule has 3 heterocycles. The van der Waals surface area contributed by atoms with Crippen LogP contribution in [0.15, 0.2) is 47.8 Å². The molecule has 0 aliphatic carbocycles. The molecule has 2 nitrogen and oxygen atoms in total. The van der Waals surface area contributed by atoms with Crippen LogP contribution in [0, 0.1) is 5.82 Å². The van der Waals surface area contributed by atoms with Crippen molar-refractivity contribution in [1.29, 1.82) is 0 Å². The van der Waals surface area contributed by atoms with Crippen molar-refractivity contribution in [3.63, 3.8) is 0 Å². The molecule has 0 atom stereocenters. The molecule has 0 amide bonds. The number of hydrogen-bond acceptors (Lipinski definition) is 4. The highest BCUT2D eigenvalue weighted by molar-refractivity contribution is 7.29. The second-order valence-corrected chi connectivity index (χ2v) is 9.47. The van der Waals surface area contributed by atoms with Crippen molar-refractivity contribution in [1.82, 2.24) is 0 Å². The predicted octanol–water partition coefficient (Wildman–Crippen LogP) is 6.85. The molecular weight excluding hydrogens is 387 g/mol. The van der Waals surface area contributed by atoms with E-state index in [4.69, 9.17) is 0 Å². The fraction of sp³-hybridized carbons (Fsp3) is 0.150. The first-order valence-corrected chi connectivity index (χ1v) is 10.5. The maximum atomic E-state index is 15.1. The average Bonchev–Trinajstić information content (AvgIpc) is 3.32. The number of hydrogen-bond donors (Lipinski definition) is 1. The zero-order chi connectivity index (χ0) is 18.5. The molecule has 0 radical (unpaired) electrons. The highest BCUT2D eigenvalue weighted by Gasteiger charge is 2.33. The number of fused-ring (bicyclic) bond motifs is 1. The van der Waals surface area contributed by atoms with Gasteiger partial charge in [0, 0.05) is 20.6 Å². The number of benzene rings is 1. The molecule has 132 valence electrons. The van der Waals surface area contributed by atoms with Crippen molar-refractivity contribution in [2.75, 3.05) is 0 Å². The molecule has 26 heavy (non-hydrogen) atoms. The monoisotopic (exact) mass is 402 g/mol. The number of aromatic carboxylic acids is 1. The molecule has 1 aromatic carbocycles. The Morgan fingerprint density at radius 3 is 2.42 bits per heavy atom. The summed E-state index contributed by atoms with van der Waals surface area (Å²) in [5.41, 5.74) is 0.639. The number of carboxylic acid groups (broad SMARTS) is 1. The summed E-state index contributed by atoms with van der Waals surface area (Å²) in [6.45, 7) is 4.12. The van der Waals surface area contributed by atoms with Crippen LogP contribution in [0.2, 0.25) is 0 Å². The van der Waals surface area contributed by atoms with Crippen LogP contribution in [0.25, 0.3) is 19.8 Å². The Bertz CT molecular complexity index is 1090. The SMILES string of the molecule is CC(C)(c1ccccc1)c1sc(-c2cccs2)c2sc(C(=O)O)c(F)c12. The highest BCUT2D eigenvalue weighted by Crippen LogP contribution is 2.51. The molecule has 4 rings (SSSR count). The minimum absolute atomic E-state index is 0.217. The van der Waals surface area contributed by atoms with Crippen LogP contribution in [-0.2, 0) is 5.41 Å². The number of halogens is 1. The van der Waals surface area contributed by atoms with Gasteiger partial charge in [0.2, 0.25) is 0 Å². The Balaban J connectivity index is 2.05. The molecule has 0 spiro atoms. The van der Waals surface area contributed by atoms with Crippen molar-refractivity contribution in [2.24, 2.45) is 0 Å². The molecule has 0 saturated carbocycles. The molecule has 0 fully saturated rings. The second-order valence-electron chi connectivity index (χ2n) is 6.48. The molecule has 4 aromatic rings. The Morgan fingerprint density at radius 2 is 1.81 bits per heavy atom. The smallest absolute Gasteiger partial charge is 0.348 e. The van der Waals surface area contributed by atoms with Crippen LogP contribution in [0.5, 0.6) is 0 Å². The van der Waals surface area contributed by atoms with Gasteiger partial charge in [-0.25, -0.2) is 9.18 Å². The van der Waals surface area contributed by atoms with Gasteiger partial charge in [-0.1, -0.05) is 50.2 Å². The van der Waals surface area contributed by atoms with Gasteiger partial charge in [-0.3, -0.25) is 0 Å². The molecule has 3 aromatic heterocycles. The first-order valence-electron chi connectivity index (χ1n) is 7.99. The highest BCUT2D eigenvalue weighted by atomic mass is 32.1. The summed E-state index contributed by atoms with van der Waals surface area (Å²) in [5, 5.41) is 11.8. The predicted molar refractivity (Wildman–Crippen MR) is 109 cm³/mol. The van der Waals surface area contributed by atoms with E-state index in [9.17, 15) is 9.90 Å². The molecule has 0 bridgehead atoms. The normalized spacial score (nSPS) is 12.0. The first kappa shape index (κ1) is 17.4. The molecule has 0 aliphatic rings. The summed E-state index contributed by atoms with van der Waals surface area (Å²) >= 11 is 4.17. The van der Waals surface area contributed by atoms with E-state index < -0.39 is 17.2 Å². The van der Waals surface area contributed by atoms with Gasteiger partial charge in [0.15, 0.2) is 5.82 Å². The minimum atomic E-state index is -1.21. The summed E-state index contributed by atoms with van der Waals surface area (Å²) in [4.78, 5) is 14.1. The molecule has 0 unspecified atom stereocenters. The van der Waals surface area contributed by atoms with Gasteiger partial charge in [0.1, 0.15) is 4.88 Å². The van der Waals surface area contributed by atoms with Crippen molar-refractivity contribution in [3.8, 4) is 9.75 Å². The van der Waals surface area contributed by atoms with E-state index in [1.54, 1.807) is 22.7 Å². The first-order chi connectivity index (χ1) is 12.4. The maximum Gasteiger partial charge on any atom is 0.348 e. The van der Waals surface area contributed by atoms with Crippen LogP contribution in [-0.4, -0.2) is 11.1 Å². The Morgan fingerprint density at radius 1 is 1.08 bits per heavy atom. The van der Waals surface area contributed by atoms with Gasteiger partial charge in [-0.15, -0.1) is 34.0 Å². The van der Waals surface area contributed by atoms with Gasteiger partial charge in [0.25, 0.3) is 0 Å². The van der Waals surface area contributed by atoms with Crippen molar-refractivity contribution in [3.05, 3.63) is 69.0 Å². The van der Waals surface area contributed by atoms with E-state index in [-0.39, 0.29) is 4.88 Å². The van der Waals surface area contributed by atoms with Gasteiger partial charge in [-0.2, -0.15) is 0 Å². The van der Waals surface area contributed by atoms with Gasteiger partial charge in [-0.05, 0) is 17.0 Å². The number of rotatable bonds is 4. The maximum absolute atomic E-state index is 15.1. The standard InChI is InChI=1S/C20H15FO2S3/c1-20(2,11-7-4-3-5-8-11)18-13-14(21)17(19(22)23)25-16(13)15(26-18)12-9-6-10-24-12/h3-10H,1-2H3,(H,22,23). The lowest BCUT2D eigenvalue weighted by atomic mass is 9.82. The summed E-state index contributed by atoms with van der Waals surface area (Å²) < 4.78 is 15.8. The van der Waals surface area contributed by atoms with E-state index in [0.29, 0.717) is 5.39 Å². The fourth-order valence-corrected chi connectivity index (χ4v) is 6.64. The Kier molecular flexibility index (Phi) is 4.22. The molecule has 0 aliphatic heterocycles. The Labute approximate surface area is 162 Å². The summed E-state index contributed by atoms with van der Waals surface area (Å²) in [5.74, 6) is -1.83. The lowest BCUT2D eigenvalue weighted by Crippen LogP contribution is -2.17.